The first-order chi connectivity index (χ1) is 13.8. The highest BCUT2D eigenvalue weighted by Gasteiger charge is 2.26. The molecule has 0 spiro atoms. The van der Waals surface area contributed by atoms with Gasteiger partial charge in [-0.05, 0) is 24.6 Å². The van der Waals surface area contributed by atoms with E-state index in [0.29, 0.717) is 25.6 Å². The van der Waals surface area contributed by atoms with Crippen LogP contribution in [0.15, 0.2) is 35.3 Å². The zero-order valence-corrected chi connectivity index (χ0v) is 16.1. The largest absolute Gasteiger partial charge is 0.477 e. The van der Waals surface area contributed by atoms with Crippen molar-refractivity contribution in [3.63, 3.8) is 0 Å². The molecule has 1 saturated heterocycles. The summed E-state index contributed by atoms with van der Waals surface area (Å²) in [5.41, 5.74) is 3.82. The molecule has 0 amide bonds. The van der Waals surface area contributed by atoms with E-state index < -0.39 is 34.4 Å². The van der Waals surface area contributed by atoms with Gasteiger partial charge in [-0.2, -0.15) is 0 Å². The summed E-state index contributed by atoms with van der Waals surface area (Å²) in [4.78, 5) is 29.8. The molecule has 3 N–H and O–H groups in total. The normalized spacial score (nSPS) is 16.0. The Bertz CT molecular complexity index is 1220. The summed E-state index contributed by atoms with van der Waals surface area (Å²) in [6, 6.07) is 3.39. The van der Waals surface area contributed by atoms with Gasteiger partial charge in [0.25, 0.3) is 0 Å². The summed E-state index contributed by atoms with van der Waals surface area (Å²) in [6.45, 7) is 0.788. The third kappa shape index (κ3) is 3.59. The predicted octanol–water partition coefficient (Wildman–Crippen LogP) is 2.46. The van der Waals surface area contributed by atoms with Gasteiger partial charge in [0.1, 0.15) is 17.2 Å². The Morgan fingerprint density at radius 3 is 2.53 bits per heavy atom. The Kier molecular flexibility index (Phi) is 5.73. The standard InChI is InChI=1S/C19H15F3N4O3.ClH/c20-9-1-2-15(13(21)5-9)26-8-12(19(28)29)16(27)11-6-14(22)18(24-17(11)26)25-4-3-10(23)7-25;/h1-2,5-6,8,10H,3-4,7,23H2,(H,28,29);1H/t10-;/m0./s1. The van der Waals surface area contributed by atoms with Crippen molar-refractivity contribution in [1.29, 1.82) is 0 Å². The Labute approximate surface area is 174 Å². The van der Waals surface area contributed by atoms with E-state index in [1.807, 2.05) is 0 Å². The molecular weight excluding hydrogens is 425 g/mol. The summed E-state index contributed by atoms with van der Waals surface area (Å²) >= 11 is 0. The van der Waals surface area contributed by atoms with Crippen LogP contribution in [0.1, 0.15) is 16.8 Å². The quantitative estimate of drug-likeness (QED) is 0.648. The average molecular weight is 441 g/mol. The molecular formula is C19H16ClF3N4O3. The molecule has 1 aliphatic rings. The van der Waals surface area contributed by atoms with Gasteiger partial charge in [0.2, 0.25) is 5.43 Å². The van der Waals surface area contributed by atoms with Gasteiger partial charge in [-0.1, -0.05) is 0 Å². The van der Waals surface area contributed by atoms with Crippen molar-refractivity contribution < 1.29 is 23.1 Å². The number of hydrogen-bond acceptors (Lipinski definition) is 5. The number of aromatic nitrogens is 2. The van der Waals surface area contributed by atoms with Gasteiger partial charge < -0.3 is 15.7 Å². The Morgan fingerprint density at radius 2 is 1.93 bits per heavy atom. The number of aromatic carboxylic acids is 1. The van der Waals surface area contributed by atoms with E-state index in [4.69, 9.17) is 5.73 Å². The average Bonchev–Trinajstić information content (AvgIpc) is 3.08. The number of anilines is 1. The molecule has 4 rings (SSSR count). The fourth-order valence-corrected chi connectivity index (χ4v) is 3.43. The number of rotatable bonds is 3. The molecule has 2 aromatic heterocycles. The summed E-state index contributed by atoms with van der Waals surface area (Å²) < 4.78 is 43.5. The van der Waals surface area contributed by atoms with E-state index in [1.54, 1.807) is 4.90 Å². The van der Waals surface area contributed by atoms with E-state index in [0.717, 1.165) is 29.0 Å². The number of halogens is 4. The number of pyridine rings is 2. The summed E-state index contributed by atoms with van der Waals surface area (Å²) in [5, 5.41) is 9.00. The van der Waals surface area contributed by atoms with Gasteiger partial charge in [0.05, 0.1) is 11.1 Å². The number of benzene rings is 1. The molecule has 0 radical (unpaired) electrons. The molecule has 30 heavy (non-hydrogen) atoms. The monoisotopic (exact) mass is 440 g/mol. The number of nitrogens with two attached hydrogens (primary N) is 1. The van der Waals surface area contributed by atoms with Crippen LogP contribution in [0.4, 0.5) is 19.0 Å². The lowest BCUT2D eigenvalue weighted by Crippen LogP contribution is -2.28. The van der Waals surface area contributed by atoms with Crippen molar-refractivity contribution >= 4 is 35.2 Å². The Hall–Kier alpha value is -3.11. The molecule has 1 aromatic carbocycles. The molecule has 0 unspecified atom stereocenters. The number of carboxylic acid groups (broad SMARTS) is 1. The summed E-state index contributed by atoms with van der Waals surface area (Å²) in [7, 11) is 0. The number of hydrogen-bond donors (Lipinski definition) is 2. The number of nitrogens with zero attached hydrogens (tertiary/aromatic N) is 3. The van der Waals surface area contributed by atoms with Crippen LogP contribution in [-0.4, -0.2) is 39.8 Å². The van der Waals surface area contributed by atoms with Crippen molar-refractivity contribution in [3.05, 3.63) is 63.7 Å². The van der Waals surface area contributed by atoms with Crippen LogP contribution in [0.5, 0.6) is 0 Å². The van der Waals surface area contributed by atoms with Gasteiger partial charge >= 0.3 is 5.97 Å². The van der Waals surface area contributed by atoms with Gasteiger partial charge in [0.15, 0.2) is 17.3 Å². The molecule has 0 bridgehead atoms. The van der Waals surface area contributed by atoms with Crippen LogP contribution in [0.25, 0.3) is 16.7 Å². The topological polar surface area (TPSA) is 101 Å². The molecule has 1 fully saturated rings. The van der Waals surface area contributed by atoms with Crippen LogP contribution in [0, 0.1) is 17.5 Å². The van der Waals surface area contributed by atoms with E-state index in [2.05, 4.69) is 4.98 Å². The maximum Gasteiger partial charge on any atom is 0.341 e. The highest BCUT2D eigenvalue weighted by molar-refractivity contribution is 5.92. The van der Waals surface area contributed by atoms with E-state index >= 15 is 0 Å². The van der Waals surface area contributed by atoms with Crippen molar-refractivity contribution in [2.24, 2.45) is 5.73 Å². The van der Waals surface area contributed by atoms with Gasteiger partial charge in [0, 0.05) is 31.4 Å². The fourth-order valence-electron chi connectivity index (χ4n) is 3.43. The second kappa shape index (κ2) is 7.96. The third-order valence-corrected chi connectivity index (χ3v) is 4.84. The minimum Gasteiger partial charge on any atom is -0.477 e. The van der Waals surface area contributed by atoms with E-state index in [9.17, 15) is 27.9 Å². The zero-order valence-electron chi connectivity index (χ0n) is 15.3. The van der Waals surface area contributed by atoms with Gasteiger partial charge in [-0.15, -0.1) is 12.4 Å². The van der Waals surface area contributed by atoms with Crippen LogP contribution in [0.3, 0.4) is 0 Å². The first-order valence-electron chi connectivity index (χ1n) is 8.71. The van der Waals surface area contributed by atoms with Crippen LogP contribution in [0.2, 0.25) is 0 Å². The maximum absolute atomic E-state index is 14.7. The zero-order chi connectivity index (χ0) is 20.9. The maximum atomic E-state index is 14.7. The summed E-state index contributed by atoms with van der Waals surface area (Å²) in [5.74, 6) is -4.30. The molecule has 11 heteroatoms. The lowest BCUT2D eigenvalue weighted by Gasteiger charge is -2.19. The minimum atomic E-state index is -1.57. The molecule has 0 aliphatic carbocycles. The minimum absolute atomic E-state index is 0. The number of carboxylic acids is 1. The molecule has 3 aromatic rings. The second-order valence-corrected chi connectivity index (χ2v) is 6.80. The molecule has 158 valence electrons. The lowest BCUT2D eigenvalue weighted by atomic mass is 10.1. The smallest absolute Gasteiger partial charge is 0.341 e. The number of carbonyl (C=O) groups is 1. The van der Waals surface area contributed by atoms with Crippen LogP contribution in [-0.2, 0) is 0 Å². The SMILES string of the molecule is Cl.N[C@H]1CCN(c2nc3c(cc2F)c(=O)c(C(=O)O)cn3-c2ccc(F)cc2F)C1. The van der Waals surface area contributed by atoms with Crippen molar-refractivity contribution in [3.8, 4) is 5.69 Å². The van der Waals surface area contributed by atoms with Crippen molar-refractivity contribution in [1.82, 2.24) is 9.55 Å². The van der Waals surface area contributed by atoms with Gasteiger partial charge in [-0.25, -0.2) is 22.9 Å². The molecule has 1 aliphatic heterocycles. The first-order valence-corrected chi connectivity index (χ1v) is 8.71. The molecule has 7 nitrogen and oxygen atoms in total. The fraction of sp³-hybridized carbons (Fsp3) is 0.211. The summed E-state index contributed by atoms with van der Waals surface area (Å²) in [6.07, 6.45) is 1.52. The molecule has 1 atom stereocenters. The highest BCUT2D eigenvalue weighted by atomic mass is 35.5. The third-order valence-electron chi connectivity index (χ3n) is 4.84. The second-order valence-electron chi connectivity index (χ2n) is 6.80. The van der Waals surface area contributed by atoms with Crippen molar-refractivity contribution in [2.45, 2.75) is 12.5 Å². The lowest BCUT2D eigenvalue weighted by molar-refractivity contribution is 0.0695. The predicted molar refractivity (Wildman–Crippen MR) is 106 cm³/mol. The molecule has 0 saturated carbocycles. The Balaban J connectivity index is 0.00000256. The van der Waals surface area contributed by atoms with Gasteiger partial charge in [-0.3, -0.25) is 9.36 Å². The van der Waals surface area contributed by atoms with Crippen LogP contribution >= 0.6 is 12.4 Å². The van der Waals surface area contributed by atoms with Crippen molar-refractivity contribution in [2.75, 3.05) is 18.0 Å². The van der Waals surface area contributed by atoms with Crippen LogP contribution < -0.4 is 16.1 Å². The Morgan fingerprint density at radius 1 is 1.20 bits per heavy atom. The first kappa shape index (κ1) is 21.6. The highest BCUT2D eigenvalue weighted by Crippen LogP contribution is 2.26. The van der Waals surface area contributed by atoms with E-state index in [1.165, 1.54) is 0 Å². The molecule has 3 heterocycles. The number of fused-ring (bicyclic) bond motifs is 1. The van der Waals surface area contributed by atoms with E-state index in [-0.39, 0.29) is 41.0 Å².